The van der Waals surface area contributed by atoms with Crippen LogP contribution in [-0.4, -0.2) is 68.6 Å². The molecular formula is C45H45BrF2N10O6. The normalized spacial score (nSPS) is 15.6. The van der Waals surface area contributed by atoms with Gasteiger partial charge < -0.3 is 27.9 Å². The summed E-state index contributed by atoms with van der Waals surface area (Å²) in [4.78, 5) is 40.3. The molecule has 64 heavy (non-hydrogen) atoms. The van der Waals surface area contributed by atoms with Gasteiger partial charge in [-0.25, -0.2) is 39.7 Å². The number of H-pyrrole nitrogens is 1. The Labute approximate surface area is 374 Å². The Balaban J connectivity index is 0.000000169. The van der Waals surface area contributed by atoms with Crippen LogP contribution in [0.2, 0.25) is 0 Å². The molecule has 332 valence electrons. The number of hydroxylamine groups is 2. The number of furan rings is 2. The first-order valence-electron chi connectivity index (χ1n) is 19.5. The summed E-state index contributed by atoms with van der Waals surface area (Å²) in [5.74, 6) is 2.47. The number of hydrogen-bond acceptors (Lipinski definition) is 14. The molecule has 8 heterocycles. The van der Waals surface area contributed by atoms with Crippen LogP contribution < -0.4 is 20.4 Å². The van der Waals surface area contributed by atoms with Crippen LogP contribution in [0, 0.1) is 39.3 Å². The number of ether oxygens (including phenoxy) is 2. The number of imidazole rings is 2. The summed E-state index contributed by atoms with van der Waals surface area (Å²) in [7, 11) is 3.11. The van der Waals surface area contributed by atoms with E-state index in [2.05, 4.69) is 56.8 Å². The first-order valence-corrected chi connectivity index (χ1v) is 20.3. The lowest BCUT2D eigenvalue weighted by Crippen LogP contribution is -2.33. The lowest BCUT2D eigenvalue weighted by molar-refractivity contribution is 0.0579. The number of fused-ring (bicyclic) bond motifs is 2. The maximum Gasteiger partial charge on any atom is 0.238 e. The lowest BCUT2D eigenvalue weighted by atomic mass is 10.1. The Kier molecular flexibility index (Phi) is 13.8. The van der Waals surface area contributed by atoms with Gasteiger partial charge in [-0.15, -0.1) is 0 Å². The van der Waals surface area contributed by atoms with E-state index in [4.69, 9.17) is 33.0 Å². The SMILES string of the molecule is C.COc1nc(C2=NC(c3oc4ccc(F)cc4c3C)CON2)ccc1-n1cnc(C)c1.COc1nc(C2=NC(c3oc4ccc(F)cc4c3C)CON2)ccc1Br.Cc1cnc[nH]1. The van der Waals surface area contributed by atoms with Crippen molar-refractivity contribution < 1.29 is 36.8 Å². The highest BCUT2D eigenvalue weighted by atomic mass is 79.9. The summed E-state index contributed by atoms with van der Waals surface area (Å²) in [5, 5.41) is 1.46. The minimum Gasteiger partial charge on any atom is -0.480 e. The zero-order chi connectivity index (χ0) is 44.2. The number of aromatic nitrogens is 6. The van der Waals surface area contributed by atoms with Gasteiger partial charge in [0.05, 0.1) is 37.0 Å². The minimum atomic E-state index is -0.393. The predicted molar refractivity (Wildman–Crippen MR) is 240 cm³/mol. The van der Waals surface area contributed by atoms with Crippen molar-refractivity contribution in [1.82, 2.24) is 40.4 Å². The van der Waals surface area contributed by atoms with E-state index in [0.29, 0.717) is 64.1 Å². The molecule has 0 radical (unpaired) electrons. The van der Waals surface area contributed by atoms with Crippen molar-refractivity contribution in [2.75, 3.05) is 27.4 Å². The van der Waals surface area contributed by atoms with Gasteiger partial charge in [-0.1, -0.05) is 7.43 Å². The maximum atomic E-state index is 13.6. The Bertz CT molecular complexity index is 2970. The van der Waals surface area contributed by atoms with E-state index in [-0.39, 0.29) is 31.7 Å². The number of pyridine rings is 2. The molecule has 2 aromatic carbocycles. The fraction of sp³-hybridized carbons (Fsp3) is 0.244. The van der Waals surface area contributed by atoms with Crippen LogP contribution in [0.3, 0.4) is 0 Å². The van der Waals surface area contributed by atoms with Crippen LogP contribution in [0.25, 0.3) is 27.6 Å². The summed E-state index contributed by atoms with van der Waals surface area (Å²) < 4.78 is 52.3. The third-order valence-corrected chi connectivity index (χ3v) is 10.6. The van der Waals surface area contributed by atoms with E-state index >= 15 is 0 Å². The summed E-state index contributed by atoms with van der Waals surface area (Å²) in [6.45, 7) is 8.22. The fourth-order valence-corrected chi connectivity index (χ4v) is 7.25. The molecule has 2 aliphatic heterocycles. The number of nitrogens with one attached hydrogen (secondary N) is 3. The topological polar surface area (TPSA) is 184 Å². The molecule has 2 atom stereocenters. The molecule has 0 saturated carbocycles. The molecular weight excluding hydrogens is 894 g/mol. The quantitative estimate of drug-likeness (QED) is 0.138. The molecule has 6 aromatic heterocycles. The van der Waals surface area contributed by atoms with Crippen LogP contribution in [0.1, 0.15) is 64.9 Å². The number of hydrogen-bond donors (Lipinski definition) is 3. The molecule has 0 saturated heterocycles. The number of halogens is 3. The summed E-state index contributed by atoms with van der Waals surface area (Å²) in [5.41, 5.74) is 12.4. The number of aryl methyl sites for hydroxylation is 4. The number of methoxy groups -OCH3 is 2. The van der Waals surface area contributed by atoms with Crippen molar-refractivity contribution in [3.05, 3.63) is 147 Å². The van der Waals surface area contributed by atoms with Crippen molar-refractivity contribution in [3.8, 4) is 17.4 Å². The van der Waals surface area contributed by atoms with Gasteiger partial charge in [-0.3, -0.25) is 19.7 Å². The molecule has 0 spiro atoms. The largest absolute Gasteiger partial charge is 0.480 e. The van der Waals surface area contributed by atoms with Crippen LogP contribution in [0.5, 0.6) is 11.8 Å². The third kappa shape index (κ3) is 9.65. The Morgan fingerprint density at radius 3 is 1.75 bits per heavy atom. The van der Waals surface area contributed by atoms with Crippen molar-refractivity contribution in [2.24, 2.45) is 9.98 Å². The van der Waals surface area contributed by atoms with Gasteiger partial charge in [0.25, 0.3) is 0 Å². The average molecular weight is 940 g/mol. The summed E-state index contributed by atoms with van der Waals surface area (Å²) in [6.07, 6.45) is 7.04. The van der Waals surface area contributed by atoms with Gasteiger partial charge >= 0.3 is 0 Å². The van der Waals surface area contributed by atoms with E-state index in [0.717, 1.165) is 43.4 Å². The molecule has 19 heteroatoms. The van der Waals surface area contributed by atoms with Crippen molar-refractivity contribution in [1.29, 1.82) is 0 Å². The molecule has 2 aliphatic rings. The zero-order valence-corrected chi connectivity index (χ0v) is 36.5. The second kappa shape index (κ2) is 19.6. The molecule has 10 rings (SSSR count). The van der Waals surface area contributed by atoms with Gasteiger partial charge in [-0.2, -0.15) is 0 Å². The standard InChI is InChI=1S/C22H20FN5O3.C18H15BrFN3O3.C4H6N2.CH4/c1-12-9-28(11-24-12)18-6-5-16(26-22(18)29-3)21-25-17(10-30-27-21)20-13(2)15-8-14(23)4-7-19(15)31-20;1-9-11-7-10(20)3-6-15(11)26-16(9)14-8-25-23-17(21-14)13-5-4-12(19)18(22-13)24-2;1-4-2-5-3-6-4;/h4-9,11,17H,10H2,1-3H3,(H,25,27);3-7,14H,8H2,1-2H3,(H,21,23);2-3H,1H3,(H,5,6);1H4. The Morgan fingerprint density at radius 2 is 1.28 bits per heavy atom. The first kappa shape index (κ1) is 45.1. The number of rotatable bonds is 7. The van der Waals surface area contributed by atoms with Crippen LogP contribution in [0.15, 0.2) is 109 Å². The van der Waals surface area contributed by atoms with Crippen molar-refractivity contribution >= 4 is 49.5 Å². The number of amidine groups is 2. The van der Waals surface area contributed by atoms with E-state index in [1.165, 1.54) is 24.3 Å². The van der Waals surface area contributed by atoms with Gasteiger partial charge in [0.1, 0.15) is 76.7 Å². The highest BCUT2D eigenvalue weighted by molar-refractivity contribution is 9.10. The highest BCUT2D eigenvalue weighted by Crippen LogP contribution is 2.35. The van der Waals surface area contributed by atoms with Crippen LogP contribution in [0.4, 0.5) is 8.78 Å². The molecule has 0 aliphatic carbocycles. The molecule has 0 amide bonds. The number of nitrogens with zero attached hydrogens (tertiary/aromatic N) is 7. The predicted octanol–water partition coefficient (Wildman–Crippen LogP) is 9.22. The second-order valence-corrected chi connectivity index (χ2v) is 15.2. The van der Waals surface area contributed by atoms with Gasteiger partial charge in [0, 0.05) is 40.0 Å². The molecule has 0 bridgehead atoms. The first-order chi connectivity index (χ1) is 30.5. The smallest absolute Gasteiger partial charge is 0.238 e. The Morgan fingerprint density at radius 1 is 0.734 bits per heavy atom. The van der Waals surface area contributed by atoms with Crippen LogP contribution in [-0.2, 0) is 9.68 Å². The zero-order valence-electron chi connectivity index (χ0n) is 34.9. The summed E-state index contributed by atoms with van der Waals surface area (Å²) >= 11 is 3.37. The monoisotopic (exact) mass is 938 g/mol. The number of aromatic amines is 1. The van der Waals surface area contributed by atoms with Crippen LogP contribution >= 0.6 is 15.9 Å². The van der Waals surface area contributed by atoms with Gasteiger partial charge in [-0.05, 0) is 104 Å². The molecule has 16 nitrogen and oxygen atoms in total. The summed E-state index contributed by atoms with van der Waals surface area (Å²) in [6, 6.07) is 15.5. The van der Waals surface area contributed by atoms with E-state index in [1.807, 2.05) is 56.7 Å². The van der Waals surface area contributed by atoms with E-state index < -0.39 is 6.04 Å². The second-order valence-electron chi connectivity index (χ2n) is 14.3. The number of aliphatic imine (C=N–C) groups is 2. The lowest BCUT2D eigenvalue weighted by Gasteiger charge is -2.21. The highest BCUT2D eigenvalue weighted by Gasteiger charge is 2.27. The van der Waals surface area contributed by atoms with Gasteiger partial charge in [0.2, 0.25) is 11.8 Å². The maximum absolute atomic E-state index is 13.6. The van der Waals surface area contributed by atoms with Gasteiger partial charge in [0.15, 0.2) is 11.7 Å². The molecule has 0 fully saturated rings. The minimum absolute atomic E-state index is 0. The fourth-order valence-electron chi connectivity index (χ4n) is 6.87. The van der Waals surface area contributed by atoms with E-state index in [9.17, 15) is 8.78 Å². The van der Waals surface area contributed by atoms with Crippen molar-refractivity contribution in [2.45, 2.75) is 47.2 Å². The molecule has 8 aromatic rings. The number of benzene rings is 2. The van der Waals surface area contributed by atoms with E-state index in [1.54, 1.807) is 51.3 Å². The Hall–Kier alpha value is -6.96. The average Bonchev–Trinajstić information content (AvgIpc) is 4.11. The van der Waals surface area contributed by atoms with Crippen molar-refractivity contribution in [3.63, 3.8) is 0 Å². The molecule has 3 N–H and O–H groups in total. The molecule has 2 unspecified atom stereocenters. The third-order valence-electron chi connectivity index (χ3n) is 10.0.